The summed E-state index contributed by atoms with van der Waals surface area (Å²) in [5, 5.41) is 0. The highest BCUT2D eigenvalue weighted by Gasteiger charge is 2.19. The van der Waals surface area contributed by atoms with Crippen LogP contribution in [0.5, 0.6) is 0 Å². The van der Waals surface area contributed by atoms with Crippen molar-refractivity contribution in [1.29, 1.82) is 0 Å². The summed E-state index contributed by atoms with van der Waals surface area (Å²) < 4.78 is 16.7. The Morgan fingerprint density at radius 3 is 0.964 bits per heavy atom. The van der Waals surface area contributed by atoms with E-state index in [4.69, 9.17) is 14.2 Å². The quantitative estimate of drug-likeness (QED) is 0.0265. The van der Waals surface area contributed by atoms with E-state index in [1.54, 1.807) is 0 Å². The molecular weight excluding hydrogens is 685 g/mol. The molecule has 0 saturated carbocycles. The van der Waals surface area contributed by atoms with Crippen LogP contribution in [-0.4, -0.2) is 37.2 Å². The van der Waals surface area contributed by atoms with Crippen LogP contribution in [-0.2, 0) is 28.6 Å². The third-order valence-electron chi connectivity index (χ3n) is 10.8. The molecule has 0 aromatic rings. The van der Waals surface area contributed by atoms with Crippen molar-refractivity contribution in [3.05, 3.63) is 12.2 Å². The zero-order valence-corrected chi connectivity index (χ0v) is 37.0. The van der Waals surface area contributed by atoms with E-state index in [9.17, 15) is 14.4 Å². The van der Waals surface area contributed by atoms with E-state index in [0.717, 1.165) is 64.2 Å². The van der Waals surface area contributed by atoms with Crippen LogP contribution in [0.1, 0.15) is 265 Å². The smallest absolute Gasteiger partial charge is 0.306 e. The van der Waals surface area contributed by atoms with Crippen molar-refractivity contribution in [3.8, 4) is 0 Å². The van der Waals surface area contributed by atoms with Gasteiger partial charge in [-0.3, -0.25) is 14.4 Å². The number of hydrogen-bond donors (Lipinski definition) is 0. The van der Waals surface area contributed by atoms with E-state index in [-0.39, 0.29) is 31.1 Å². The topological polar surface area (TPSA) is 78.9 Å². The molecule has 0 spiro atoms. The molecule has 6 heteroatoms. The lowest BCUT2D eigenvalue weighted by atomic mass is 10.0. The van der Waals surface area contributed by atoms with E-state index < -0.39 is 6.10 Å². The molecule has 324 valence electrons. The van der Waals surface area contributed by atoms with Crippen LogP contribution in [0.3, 0.4) is 0 Å². The summed E-state index contributed by atoms with van der Waals surface area (Å²) in [4.78, 5) is 37.8. The molecule has 0 aliphatic heterocycles. The molecule has 0 bridgehead atoms. The van der Waals surface area contributed by atoms with Gasteiger partial charge in [0.05, 0.1) is 0 Å². The molecule has 0 aromatic carbocycles. The van der Waals surface area contributed by atoms with Crippen molar-refractivity contribution in [2.75, 3.05) is 13.2 Å². The first kappa shape index (κ1) is 53.1. The van der Waals surface area contributed by atoms with Crippen LogP contribution in [0.4, 0.5) is 0 Å². The van der Waals surface area contributed by atoms with Crippen LogP contribution in [0.25, 0.3) is 0 Å². The van der Waals surface area contributed by atoms with Crippen molar-refractivity contribution in [2.45, 2.75) is 271 Å². The minimum absolute atomic E-state index is 0.0686. The van der Waals surface area contributed by atoms with Gasteiger partial charge in [-0.1, -0.05) is 219 Å². The number of rotatable bonds is 44. The Labute approximate surface area is 341 Å². The van der Waals surface area contributed by atoms with E-state index >= 15 is 0 Å². The van der Waals surface area contributed by atoms with Crippen LogP contribution in [0.2, 0.25) is 0 Å². The maximum Gasteiger partial charge on any atom is 0.306 e. The van der Waals surface area contributed by atoms with E-state index in [1.807, 2.05) is 0 Å². The maximum absolute atomic E-state index is 12.7. The van der Waals surface area contributed by atoms with E-state index in [0.29, 0.717) is 19.3 Å². The molecule has 0 rings (SSSR count). The predicted octanol–water partition coefficient (Wildman–Crippen LogP) is 15.4. The number of carbonyl (C=O) groups excluding carboxylic acids is 3. The second-order valence-corrected chi connectivity index (χ2v) is 16.4. The fourth-order valence-electron chi connectivity index (χ4n) is 7.07. The summed E-state index contributed by atoms with van der Waals surface area (Å²) in [6, 6.07) is 0. The lowest BCUT2D eigenvalue weighted by Crippen LogP contribution is -2.30. The number of allylic oxidation sites excluding steroid dienone is 2. The minimum atomic E-state index is -0.765. The lowest BCUT2D eigenvalue weighted by Gasteiger charge is -2.18. The van der Waals surface area contributed by atoms with Gasteiger partial charge in [0, 0.05) is 19.3 Å². The van der Waals surface area contributed by atoms with Gasteiger partial charge in [0.15, 0.2) is 6.10 Å². The van der Waals surface area contributed by atoms with Gasteiger partial charge in [-0.25, -0.2) is 0 Å². The van der Waals surface area contributed by atoms with Crippen molar-refractivity contribution >= 4 is 17.9 Å². The van der Waals surface area contributed by atoms with Gasteiger partial charge in [0.25, 0.3) is 0 Å². The van der Waals surface area contributed by atoms with Gasteiger partial charge in [0.1, 0.15) is 13.2 Å². The second-order valence-electron chi connectivity index (χ2n) is 16.4. The molecule has 1 atom stereocenters. The third kappa shape index (κ3) is 43.1. The normalized spacial score (nSPS) is 12.0. The predicted molar refractivity (Wildman–Crippen MR) is 233 cm³/mol. The van der Waals surface area contributed by atoms with Crippen LogP contribution in [0, 0.1) is 0 Å². The summed E-state index contributed by atoms with van der Waals surface area (Å²) in [5.74, 6) is -0.867. The second kappa shape index (κ2) is 44.9. The Kier molecular flexibility index (Phi) is 43.4. The number of ether oxygens (including phenoxy) is 3. The Morgan fingerprint density at radius 2 is 0.618 bits per heavy atom. The van der Waals surface area contributed by atoms with Gasteiger partial charge in [-0.2, -0.15) is 0 Å². The minimum Gasteiger partial charge on any atom is -0.462 e. The standard InChI is InChI=1S/C49H92O6/c1-4-7-10-13-16-19-22-23-24-25-28-30-33-36-39-42-48(51)54-45-46(55-49(52)43-40-37-34-31-27-21-18-15-12-9-6-3)44-53-47(50)41-38-35-32-29-26-20-17-14-11-8-5-2/h15,18,46H,4-14,16-17,19-45H2,1-3H3/b18-15-/t46-/m0/s1. The average Bonchev–Trinajstić information content (AvgIpc) is 3.18. The first-order valence-corrected chi connectivity index (χ1v) is 24.2. The van der Waals surface area contributed by atoms with Crippen LogP contribution < -0.4 is 0 Å². The largest absolute Gasteiger partial charge is 0.462 e. The summed E-state index contributed by atoms with van der Waals surface area (Å²) in [6.07, 6.45) is 47.6. The molecule has 0 N–H and O–H groups in total. The van der Waals surface area contributed by atoms with Crippen LogP contribution in [0.15, 0.2) is 12.2 Å². The summed E-state index contributed by atoms with van der Waals surface area (Å²) in [7, 11) is 0. The van der Waals surface area contributed by atoms with Gasteiger partial charge in [-0.15, -0.1) is 0 Å². The average molecular weight is 777 g/mol. The SMILES string of the molecule is CCCC/C=C\CCCCCCCC(=O)O[C@@H](COC(=O)CCCCCCCCCCCCC)COC(=O)CCCCCCCCCCCCCCCCC. The highest BCUT2D eigenvalue weighted by atomic mass is 16.6. The van der Waals surface area contributed by atoms with Crippen molar-refractivity contribution in [2.24, 2.45) is 0 Å². The summed E-state index contributed by atoms with van der Waals surface area (Å²) in [5.41, 5.74) is 0. The lowest BCUT2D eigenvalue weighted by molar-refractivity contribution is -0.167. The van der Waals surface area contributed by atoms with E-state index in [2.05, 4.69) is 32.9 Å². The van der Waals surface area contributed by atoms with Gasteiger partial charge < -0.3 is 14.2 Å². The number of carbonyl (C=O) groups is 3. The Morgan fingerprint density at radius 1 is 0.345 bits per heavy atom. The maximum atomic E-state index is 12.7. The Balaban J connectivity index is 4.31. The highest BCUT2D eigenvalue weighted by molar-refractivity contribution is 5.71. The monoisotopic (exact) mass is 777 g/mol. The molecule has 0 saturated heterocycles. The molecule has 0 radical (unpaired) electrons. The van der Waals surface area contributed by atoms with Crippen molar-refractivity contribution in [1.82, 2.24) is 0 Å². The first-order valence-electron chi connectivity index (χ1n) is 24.2. The molecule has 0 aliphatic rings. The van der Waals surface area contributed by atoms with Gasteiger partial charge >= 0.3 is 17.9 Å². The number of esters is 3. The van der Waals surface area contributed by atoms with Crippen LogP contribution >= 0.6 is 0 Å². The molecule has 6 nitrogen and oxygen atoms in total. The third-order valence-corrected chi connectivity index (χ3v) is 10.8. The molecule has 0 fully saturated rings. The zero-order chi connectivity index (χ0) is 40.1. The molecule has 0 aromatic heterocycles. The Bertz CT molecular complexity index is 854. The molecule has 55 heavy (non-hydrogen) atoms. The number of unbranched alkanes of at least 4 members (excludes halogenated alkanes) is 31. The van der Waals surface area contributed by atoms with E-state index in [1.165, 1.54) is 161 Å². The summed E-state index contributed by atoms with van der Waals surface area (Å²) >= 11 is 0. The number of hydrogen-bond acceptors (Lipinski definition) is 6. The Hall–Kier alpha value is -1.85. The first-order chi connectivity index (χ1) is 27.0. The molecular formula is C49H92O6. The molecule has 0 unspecified atom stereocenters. The molecule has 0 amide bonds. The van der Waals surface area contributed by atoms with Gasteiger partial charge in [-0.05, 0) is 38.5 Å². The van der Waals surface area contributed by atoms with Crippen molar-refractivity contribution < 1.29 is 28.6 Å². The fraction of sp³-hybridized carbons (Fsp3) is 0.898. The summed E-state index contributed by atoms with van der Waals surface area (Å²) in [6.45, 7) is 6.61. The fourth-order valence-corrected chi connectivity index (χ4v) is 7.07. The van der Waals surface area contributed by atoms with Crippen molar-refractivity contribution in [3.63, 3.8) is 0 Å². The molecule has 0 aliphatic carbocycles. The zero-order valence-electron chi connectivity index (χ0n) is 37.0. The highest BCUT2D eigenvalue weighted by Crippen LogP contribution is 2.16. The van der Waals surface area contributed by atoms with Gasteiger partial charge in [0.2, 0.25) is 0 Å². The molecule has 0 heterocycles.